The fraction of sp³-hybridized carbons (Fsp3) is 0.0500. The summed E-state index contributed by atoms with van der Waals surface area (Å²) in [6.07, 6.45) is 2.44. The Hall–Kier alpha value is -2.98. The Balaban J connectivity index is 1.72. The third kappa shape index (κ3) is 3.44. The van der Waals surface area contributed by atoms with Crippen molar-refractivity contribution in [2.45, 2.75) is 6.42 Å². The number of nitrogens with zero attached hydrogens (tertiary/aromatic N) is 3. The molecular formula is C20H15ClN4. The zero-order valence-corrected chi connectivity index (χ0v) is 14.1. The normalized spacial score (nSPS) is 10.8. The molecule has 0 bridgehead atoms. The Kier molecular flexibility index (Phi) is 4.27. The van der Waals surface area contributed by atoms with Gasteiger partial charge < -0.3 is 5.32 Å². The highest BCUT2D eigenvalue weighted by molar-refractivity contribution is 6.30. The van der Waals surface area contributed by atoms with Gasteiger partial charge in [0.2, 0.25) is 0 Å². The minimum absolute atomic E-state index is 0.648. The Labute approximate surface area is 150 Å². The zero-order chi connectivity index (χ0) is 17.1. The highest BCUT2D eigenvalue weighted by Gasteiger charge is 2.10. The van der Waals surface area contributed by atoms with E-state index < -0.39 is 0 Å². The number of rotatable bonds is 4. The maximum absolute atomic E-state index is 5.95. The number of aromatic nitrogens is 3. The molecule has 4 aromatic rings. The summed E-state index contributed by atoms with van der Waals surface area (Å²) in [5.41, 5.74) is 2.80. The van der Waals surface area contributed by atoms with Crippen LogP contribution in [0.25, 0.3) is 10.8 Å². The number of nitrogens with one attached hydrogen (secondary N) is 1. The van der Waals surface area contributed by atoms with E-state index in [-0.39, 0.29) is 0 Å². The van der Waals surface area contributed by atoms with Gasteiger partial charge in [-0.05, 0) is 36.4 Å². The molecule has 0 aliphatic carbocycles. The molecule has 0 aliphatic rings. The molecule has 4 rings (SSSR count). The van der Waals surface area contributed by atoms with Crippen LogP contribution in [0.3, 0.4) is 0 Å². The van der Waals surface area contributed by atoms with Crippen molar-refractivity contribution in [1.29, 1.82) is 0 Å². The van der Waals surface area contributed by atoms with E-state index in [9.17, 15) is 0 Å². The van der Waals surface area contributed by atoms with E-state index in [1.54, 1.807) is 6.20 Å². The molecule has 25 heavy (non-hydrogen) atoms. The van der Waals surface area contributed by atoms with Crippen molar-refractivity contribution in [3.8, 4) is 0 Å². The second-order valence-corrected chi connectivity index (χ2v) is 6.11. The Morgan fingerprint density at radius 1 is 0.800 bits per heavy atom. The van der Waals surface area contributed by atoms with Gasteiger partial charge in [-0.2, -0.15) is 5.10 Å². The van der Waals surface area contributed by atoms with Crippen molar-refractivity contribution in [2.75, 3.05) is 5.32 Å². The molecule has 1 N–H and O–H groups in total. The van der Waals surface area contributed by atoms with E-state index in [1.165, 1.54) is 0 Å². The highest BCUT2D eigenvalue weighted by Crippen LogP contribution is 2.27. The molecule has 0 atom stereocenters. The summed E-state index contributed by atoms with van der Waals surface area (Å²) in [4.78, 5) is 4.38. The lowest BCUT2D eigenvalue weighted by molar-refractivity contribution is 0.940. The smallest absolute Gasteiger partial charge is 0.160 e. The molecule has 0 aliphatic heterocycles. The summed E-state index contributed by atoms with van der Waals surface area (Å²) in [5.74, 6) is 0.725. The molecule has 2 aromatic carbocycles. The molecule has 0 saturated carbocycles. The number of fused-ring (bicyclic) bond motifs is 1. The van der Waals surface area contributed by atoms with Crippen LogP contribution in [0, 0.1) is 0 Å². The fourth-order valence-electron chi connectivity index (χ4n) is 2.73. The third-order valence-electron chi connectivity index (χ3n) is 3.95. The largest absolute Gasteiger partial charge is 0.338 e. The standard InChI is InChI=1S/C20H15ClN4/c21-14-8-10-15(11-9-14)23-20-18-7-2-1-6-17(18)19(24-25-20)13-16-5-3-4-12-22-16/h1-12H,13H2,(H,23,25). The SMILES string of the molecule is Clc1ccc(Nc2nnc(Cc3ccccn3)c3ccccc23)cc1. The average molecular weight is 347 g/mol. The minimum atomic E-state index is 0.648. The van der Waals surface area contributed by atoms with Crippen molar-refractivity contribution in [3.05, 3.63) is 89.3 Å². The lowest BCUT2D eigenvalue weighted by Crippen LogP contribution is -2.02. The van der Waals surface area contributed by atoms with Crippen molar-refractivity contribution in [2.24, 2.45) is 0 Å². The molecule has 0 fully saturated rings. The molecule has 0 saturated heterocycles. The molecule has 5 heteroatoms. The summed E-state index contributed by atoms with van der Waals surface area (Å²) in [7, 11) is 0. The molecule has 2 aromatic heterocycles. The van der Waals surface area contributed by atoms with Crippen LogP contribution >= 0.6 is 11.6 Å². The molecule has 0 radical (unpaired) electrons. The molecule has 122 valence electrons. The van der Waals surface area contributed by atoms with E-state index in [0.29, 0.717) is 11.4 Å². The molecule has 2 heterocycles. The molecule has 4 nitrogen and oxygen atoms in total. The average Bonchev–Trinajstić information content (AvgIpc) is 2.66. The first kappa shape index (κ1) is 15.5. The number of pyridine rings is 1. The summed E-state index contributed by atoms with van der Waals surface area (Å²) >= 11 is 5.95. The topological polar surface area (TPSA) is 50.7 Å². The number of hydrogen-bond acceptors (Lipinski definition) is 4. The van der Waals surface area contributed by atoms with Gasteiger partial charge in [-0.25, -0.2) is 0 Å². The van der Waals surface area contributed by atoms with Gasteiger partial charge in [0.25, 0.3) is 0 Å². The molecule has 0 spiro atoms. The van der Waals surface area contributed by atoms with Crippen molar-refractivity contribution >= 4 is 33.9 Å². The van der Waals surface area contributed by atoms with E-state index >= 15 is 0 Å². The summed E-state index contributed by atoms with van der Waals surface area (Å²) < 4.78 is 0. The van der Waals surface area contributed by atoms with Gasteiger partial charge in [-0.1, -0.05) is 41.9 Å². The van der Waals surface area contributed by atoms with Crippen molar-refractivity contribution in [1.82, 2.24) is 15.2 Å². The van der Waals surface area contributed by atoms with Crippen molar-refractivity contribution in [3.63, 3.8) is 0 Å². The fourth-order valence-corrected chi connectivity index (χ4v) is 2.85. The van der Waals surface area contributed by atoms with Gasteiger partial charge >= 0.3 is 0 Å². The zero-order valence-electron chi connectivity index (χ0n) is 13.4. The molecule has 0 amide bonds. The summed E-state index contributed by atoms with van der Waals surface area (Å²) in [6, 6.07) is 21.5. The number of hydrogen-bond donors (Lipinski definition) is 1. The first-order valence-corrected chi connectivity index (χ1v) is 8.34. The van der Waals surface area contributed by atoms with E-state index in [0.717, 1.165) is 33.7 Å². The van der Waals surface area contributed by atoms with E-state index in [2.05, 4.69) is 26.6 Å². The van der Waals surface area contributed by atoms with Crippen LogP contribution in [0.1, 0.15) is 11.4 Å². The maximum atomic E-state index is 5.95. The van der Waals surface area contributed by atoms with Gasteiger partial charge in [0.1, 0.15) is 0 Å². The van der Waals surface area contributed by atoms with Crippen molar-refractivity contribution < 1.29 is 0 Å². The lowest BCUT2D eigenvalue weighted by Gasteiger charge is -2.11. The lowest BCUT2D eigenvalue weighted by atomic mass is 10.1. The van der Waals surface area contributed by atoms with Gasteiger partial charge in [-0.15, -0.1) is 5.10 Å². The second kappa shape index (κ2) is 6.87. The van der Waals surface area contributed by atoms with Gasteiger partial charge in [-0.3, -0.25) is 4.98 Å². The number of anilines is 2. The maximum Gasteiger partial charge on any atom is 0.160 e. The Morgan fingerprint density at radius 2 is 1.56 bits per heavy atom. The quantitative estimate of drug-likeness (QED) is 0.564. The molecular weight excluding hydrogens is 332 g/mol. The van der Waals surface area contributed by atoms with Gasteiger partial charge in [0.05, 0.1) is 5.69 Å². The van der Waals surface area contributed by atoms with E-state index in [4.69, 9.17) is 11.6 Å². The summed E-state index contributed by atoms with van der Waals surface area (Å²) in [5, 5.41) is 14.9. The minimum Gasteiger partial charge on any atom is -0.338 e. The number of benzene rings is 2. The second-order valence-electron chi connectivity index (χ2n) is 5.67. The van der Waals surface area contributed by atoms with Crippen LogP contribution in [-0.4, -0.2) is 15.2 Å². The Morgan fingerprint density at radius 3 is 2.32 bits per heavy atom. The molecule has 0 unspecified atom stereocenters. The van der Waals surface area contributed by atoms with Crippen LogP contribution in [0.5, 0.6) is 0 Å². The predicted molar refractivity (Wildman–Crippen MR) is 101 cm³/mol. The van der Waals surface area contributed by atoms with E-state index in [1.807, 2.05) is 60.7 Å². The third-order valence-corrected chi connectivity index (χ3v) is 4.20. The Bertz CT molecular complexity index is 1000. The predicted octanol–water partition coefficient (Wildman–Crippen LogP) is 5.01. The van der Waals surface area contributed by atoms with Gasteiger partial charge in [0, 0.05) is 39.8 Å². The van der Waals surface area contributed by atoms with Crippen LogP contribution in [0.15, 0.2) is 72.9 Å². The summed E-state index contributed by atoms with van der Waals surface area (Å²) in [6.45, 7) is 0. The van der Waals surface area contributed by atoms with Crippen LogP contribution in [0.2, 0.25) is 5.02 Å². The highest BCUT2D eigenvalue weighted by atomic mass is 35.5. The van der Waals surface area contributed by atoms with Crippen LogP contribution < -0.4 is 5.32 Å². The van der Waals surface area contributed by atoms with Gasteiger partial charge in [0.15, 0.2) is 5.82 Å². The number of halogens is 1. The first-order valence-electron chi connectivity index (χ1n) is 7.96. The first-order chi connectivity index (χ1) is 12.3. The van der Waals surface area contributed by atoms with Crippen LogP contribution in [-0.2, 0) is 6.42 Å². The van der Waals surface area contributed by atoms with Crippen LogP contribution in [0.4, 0.5) is 11.5 Å². The monoisotopic (exact) mass is 346 g/mol.